The second kappa shape index (κ2) is 4.14. The molecule has 0 spiro atoms. The summed E-state index contributed by atoms with van der Waals surface area (Å²) in [5.41, 5.74) is 0. The maximum absolute atomic E-state index is 5.69. The van der Waals surface area contributed by atoms with Crippen molar-refractivity contribution in [3.8, 4) is 0 Å². The average Bonchev–Trinajstić information content (AvgIpc) is 2.86. The summed E-state index contributed by atoms with van der Waals surface area (Å²) in [6, 6.07) is 0.415. The van der Waals surface area contributed by atoms with E-state index in [0.29, 0.717) is 17.8 Å². The molecule has 2 rings (SSSR count). The molecule has 0 aromatic carbocycles. The third-order valence-corrected chi connectivity index (χ3v) is 2.55. The first kappa shape index (κ1) is 9.73. The minimum Gasteiger partial charge on any atom is -0.405 e. The van der Waals surface area contributed by atoms with Gasteiger partial charge in [-0.3, -0.25) is 0 Å². The van der Waals surface area contributed by atoms with Crippen LogP contribution in [0.4, 0.5) is 6.01 Å². The maximum Gasteiger partial charge on any atom is 0.315 e. The number of anilines is 1. The fourth-order valence-corrected chi connectivity index (χ4v) is 1.69. The number of alkyl halides is 1. The van der Waals surface area contributed by atoms with Gasteiger partial charge in [-0.2, -0.15) is 0 Å². The third kappa shape index (κ3) is 1.83. The Morgan fingerprint density at radius 3 is 2.93 bits per heavy atom. The lowest BCUT2D eigenvalue weighted by Gasteiger charge is -2.06. The van der Waals surface area contributed by atoms with Crippen LogP contribution in [-0.4, -0.2) is 29.2 Å². The van der Waals surface area contributed by atoms with Gasteiger partial charge in [0.2, 0.25) is 5.89 Å². The summed E-state index contributed by atoms with van der Waals surface area (Å²) < 4.78 is 10.9. The Labute approximate surface area is 86.8 Å². The lowest BCUT2D eigenvalue weighted by atomic mass is 10.2. The average molecular weight is 218 g/mol. The molecule has 1 aromatic heterocycles. The van der Waals surface area contributed by atoms with Gasteiger partial charge >= 0.3 is 6.01 Å². The predicted molar refractivity (Wildman–Crippen MR) is 51.4 cm³/mol. The van der Waals surface area contributed by atoms with Gasteiger partial charge in [-0.1, -0.05) is 5.10 Å². The molecule has 1 aliphatic heterocycles. The highest BCUT2D eigenvalue weighted by atomic mass is 35.5. The summed E-state index contributed by atoms with van der Waals surface area (Å²) in [6.07, 6.45) is 1.87. The normalized spacial score (nSPS) is 26.7. The molecular weight excluding hydrogens is 206 g/mol. The summed E-state index contributed by atoms with van der Waals surface area (Å²) in [5.74, 6) is 1.05. The Morgan fingerprint density at radius 1 is 1.50 bits per heavy atom. The SMILES string of the molecule is CNc1nnc(C2CCC(CCl)O2)o1. The molecule has 2 heterocycles. The molecule has 2 unspecified atom stereocenters. The van der Waals surface area contributed by atoms with Crippen molar-refractivity contribution in [2.45, 2.75) is 25.0 Å². The standard InChI is InChI=1S/C8H12ClN3O2/c1-10-8-12-11-7(14-8)6-3-2-5(4-9)13-6/h5-6H,2-4H2,1H3,(H,10,12). The van der Waals surface area contributed by atoms with Crippen molar-refractivity contribution < 1.29 is 9.15 Å². The van der Waals surface area contributed by atoms with E-state index < -0.39 is 0 Å². The zero-order valence-corrected chi connectivity index (χ0v) is 8.62. The molecular formula is C8H12ClN3O2. The Hall–Kier alpha value is -0.810. The minimum atomic E-state index is -0.0895. The fraction of sp³-hybridized carbons (Fsp3) is 0.750. The Morgan fingerprint density at radius 2 is 2.36 bits per heavy atom. The van der Waals surface area contributed by atoms with E-state index in [-0.39, 0.29) is 12.2 Å². The largest absolute Gasteiger partial charge is 0.405 e. The summed E-state index contributed by atoms with van der Waals surface area (Å²) >= 11 is 5.69. The molecule has 6 heteroatoms. The van der Waals surface area contributed by atoms with Crippen molar-refractivity contribution in [2.24, 2.45) is 0 Å². The Bertz CT molecular complexity index is 305. The lowest BCUT2D eigenvalue weighted by Crippen LogP contribution is -2.07. The predicted octanol–water partition coefficient (Wildman–Crippen LogP) is 1.57. The highest BCUT2D eigenvalue weighted by molar-refractivity contribution is 6.18. The first-order chi connectivity index (χ1) is 6.83. The van der Waals surface area contributed by atoms with Gasteiger partial charge in [0, 0.05) is 12.9 Å². The van der Waals surface area contributed by atoms with Crippen LogP contribution in [0.5, 0.6) is 0 Å². The van der Waals surface area contributed by atoms with Gasteiger partial charge < -0.3 is 14.5 Å². The second-order valence-electron chi connectivity index (χ2n) is 3.17. The van der Waals surface area contributed by atoms with Crippen LogP contribution in [0.25, 0.3) is 0 Å². The van der Waals surface area contributed by atoms with E-state index in [1.165, 1.54) is 0 Å². The molecule has 2 atom stereocenters. The molecule has 1 saturated heterocycles. The van der Waals surface area contributed by atoms with Gasteiger partial charge in [-0.15, -0.1) is 16.7 Å². The quantitative estimate of drug-likeness (QED) is 0.779. The first-order valence-corrected chi connectivity index (χ1v) is 5.09. The van der Waals surface area contributed by atoms with Crippen molar-refractivity contribution in [1.29, 1.82) is 0 Å². The number of nitrogens with zero attached hydrogens (tertiary/aromatic N) is 2. The number of hydrogen-bond donors (Lipinski definition) is 1. The third-order valence-electron chi connectivity index (χ3n) is 2.21. The number of rotatable bonds is 3. The van der Waals surface area contributed by atoms with E-state index in [0.717, 1.165) is 12.8 Å². The van der Waals surface area contributed by atoms with E-state index in [1.54, 1.807) is 7.05 Å². The van der Waals surface area contributed by atoms with Gasteiger partial charge in [0.05, 0.1) is 6.10 Å². The van der Waals surface area contributed by atoms with Crippen LogP contribution < -0.4 is 5.32 Å². The zero-order chi connectivity index (χ0) is 9.97. The molecule has 1 N–H and O–H groups in total. The number of nitrogens with one attached hydrogen (secondary N) is 1. The minimum absolute atomic E-state index is 0.0895. The van der Waals surface area contributed by atoms with E-state index in [4.69, 9.17) is 20.8 Å². The Kier molecular flexibility index (Phi) is 2.88. The van der Waals surface area contributed by atoms with Gasteiger partial charge in [0.15, 0.2) is 0 Å². The highest BCUT2D eigenvalue weighted by Crippen LogP contribution is 2.32. The van der Waals surface area contributed by atoms with Crippen molar-refractivity contribution in [2.75, 3.05) is 18.2 Å². The van der Waals surface area contributed by atoms with Crippen molar-refractivity contribution in [1.82, 2.24) is 10.2 Å². The molecule has 1 aromatic rings. The van der Waals surface area contributed by atoms with E-state index in [9.17, 15) is 0 Å². The van der Waals surface area contributed by atoms with Gasteiger partial charge in [-0.25, -0.2) is 0 Å². The van der Waals surface area contributed by atoms with Crippen LogP contribution in [0.15, 0.2) is 4.42 Å². The smallest absolute Gasteiger partial charge is 0.315 e. The second-order valence-corrected chi connectivity index (χ2v) is 3.48. The molecule has 5 nitrogen and oxygen atoms in total. The van der Waals surface area contributed by atoms with Gasteiger partial charge in [0.1, 0.15) is 6.10 Å². The number of hydrogen-bond acceptors (Lipinski definition) is 5. The zero-order valence-electron chi connectivity index (χ0n) is 7.86. The van der Waals surface area contributed by atoms with Crippen molar-refractivity contribution >= 4 is 17.6 Å². The van der Waals surface area contributed by atoms with Crippen LogP contribution in [0.1, 0.15) is 24.8 Å². The van der Waals surface area contributed by atoms with Crippen molar-refractivity contribution in [3.63, 3.8) is 0 Å². The van der Waals surface area contributed by atoms with Gasteiger partial charge in [0.25, 0.3) is 0 Å². The molecule has 78 valence electrons. The van der Waals surface area contributed by atoms with Gasteiger partial charge in [-0.05, 0) is 12.8 Å². The molecule has 0 aliphatic carbocycles. The van der Waals surface area contributed by atoms with Crippen LogP contribution in [0.3, 0.4) is 0 Å². The highest BCUT2D eigenvalue weighted by Gasteiger charge is 2.29. The topological polar surface area (TPSA) is 60.2 Å². The van der Waals surface area contributed by atoms with Crippen LogP contribution >= 0.6 is 11.6 Å². The summed E-state index contributed by atoms with van der Waals surface area (Å²) in [5, 5.41) is 10.5. The number of aromatic nitrogens is 2. The van der Waals surface area contributed by atoms with Crippen molar-refractivity contribution in [3.05, 3.63) is 5.89 Å². The molecule has 0 saturated carbocycles. The molecule has 1 aliphatic rings. The molecule has 0 radical (unpaired) electrons. The maximum atomic E-state index is 5.69. The Balaban J connectivity index is 2.02. The van der Waals surface area contributed by atoms with Crippen LogP contribution in [0, 0.1) is 0 Å². The first-order valence-electron chi connectivity index (χ1n) is 4.56. The van der Waals surface area contributed by atoms with E-state index in [2.05, 4.69) is 15.5 Å². The number of halogens is 1. The molecule has 1 fully saturated rings. The van der Waals surface area contributed by atoms with E-state index in [1.807, 2.05) is 0 Å². The molecule has 14 heavy (non-hydrogen) atoms. The summed E-state index contributed by atoms with van der Waals surface area (Å²) in [7, 11) is 1.73. The summed E-state index contributed by atoms with van der Waals surface area (Å²) in [6.45, 7) is 0. The monoisotopic (exact) mass is 217 g/mol. The molecule has 0 bridgehead atoms. The fourth-order valence-electron chi connectivity index (χ4n) is 1.47. The lowest BCUT2D eigenvalue weighted by molar-refractivity contribution is 0.0412. The van der Waals surface area contributed by atoms with E-state index >= 15 is 0 Å². The van der Waals surface area contributed by atoms with Crippen LogP contribution in [-0.2, 0) is 4.74 Å². The number of ether oxygens (including phenoxy) is 1. The molecule has 0 amide bonds. The summed E-state index contributed by atoms with van der Waals surface area (Å²) in [4.78, 5) is 0. The van der Waals surface area contributed by atoms with Crippen LogP contribution in [0.2, 0.25) is 0 Å².